The summed E-state index contributed by atoms with van der Waals surface area (Å²) in [5.41, 5.74) is 1.05. The molecule has 9 heteroatoms. The van der Waals surface area contributed by atoms with Gasteiger partial charge in [0.1, 0.15) is 11.6 Å². The number of allylic oxidation sites excluding steroid dienone is 2. The fourth-order valence-electron chi connectivity index (χ4n) is 3.23. The standard InChI is InChI=1S/C16H10BBr2F3N2O/c1-25-9-2-3-11(20)10(8-9)16-12-4-6-14(18)23(12)17(21,22)24-13(16)5-7-15(24)19/h2-8H,1H3. The first-order valence-electron chi connectivity index (χ1n) is 7.34. The Hall–Kier alpha value is -1.74. The van der Waals surface area contributed by atoms with Crippen molar-refractivity contribution in [1.29, 1.82) is 0 Å². The van der Waals surface area contributed by atoms with Crippen LogP contribution in [0.15, 0.2) is 52.8 Å². The van der Waals surface area contributed by atoms with Crippen molar-refractivity contribution >= 4 is 49.0 Å². The van der Waals surface area contributed by atoms with E-state index in [1.807, 2.05) is 0 Å². The van der Waals surface area contributed by atoms with Crippen molar-refractivity contribution in [3.05, 3.63) is 69.9 Å². The fraction of sp³-hybridized carbons (Fsp3) is 0.0625. The minimum atomic E-state index is -4.12. The van der Waals surface area contributed by atoms with Crippen molar-refractivity contribution < 1.29 is 22.2 Å². The number of halogens is 5. The minimum absolute atomic E-state index is 0.198. The number of nitrogens with zero attached hydrogens (tertiary/aromatic N) is 2. The largest absolute Gasteiger partial charge is 0.738 e. The lowest BCUT2D eigenvalue weighted by Gasteiger charge is -2.32. The molecule has 0 saturated heterocycles. The molecule has 0 saturated carbocycles. The zero-order valence-corrected chi connectivity index (χ0v) is 16.0. The van der Waals surface area contributed by atoms with Gasteiger partial charge in [0.25, 0.3) is 0 Å². The van der Waals surface area contributed by atoms with E-state index in [0.29, 0.717) is 11.3 Å². The van der Waals surface area contributed by atoms with Gasteiger partial charge in [-0.25, -0.2) is 4.39 Å². The van der Waals surface area contributed by atoms with Crippen molar-refractivity contribution in [1.82, 2.24) is 4.48 Å². The highest BCUT2D eigenvalue weighted by Gasteiger charge is 2.54. The highest BCUT2D eigenvalue weighted by molar-refractivity contribution is 9.18. The third-order valence-electron chi connectivity index (χ3n) is 4.31. The third-order valence-corrected chi connectivity index (χ3v) is 5.61. The Morgan fingerprint density at radius 1 is 1.12 bits per heavy atom. The molecule has 25 heavy (non-hydrogen) atoms. The SMILES string of the molecule is COc1ccc(F)c(C2=C3C=CC(Br)=[N+]3[B-](F)(F)n3c(Br)ccc32)c1. The van der Waals surface area contributed by atoms with Crippen LogP contribution < -0.4 is 4.74 Å². The van der Waals surface area contributed by atoms with Crippen LogP contribution in [0.3, 0.4) is 0 Å². The van der Waals surface area contributed by atoms with Gasteiger partial charge in [0.2, 0.25) is 4.62 Å². The van der Waals surface area contributed by atoms with Gasteiger partial charge in [-0.2, -0.15) is 0 Å². The van der Waals surface area contributed by atoms with Crippen molar-refractivity contribution in [2.24, 2.45) is 0 Å². The molecule has 2 aliphatic heterocycles. The molecular weight excluding hydrogens is 464 g/mol. The molecule has 0 amide bonds. The summed E-state index contributed by atoms with van der Waals surface area (Å²) in [4.78, 5) is 0. The van der Waals surface area contributed by atoms with Crippen molar-refractivity contribution in [3.8, 4) is 5.75 Å². The van der Waals surface area contributed by atoms with Crippen LogP contribution in [0.2, 0.25) is 0 Å². The summed E-state index contributed by atoms with van der Waals surface area (Å²) < 4.78 is 52.2. The smallest absolute Gasteiger partial charge is 0.497 e. The Kier molecular flexibility index (Phi) is 3.77. The van der Waals surface area contributed by atoms with Gasteiger partial charge in [0.15, 0.2) is 5.70 Å². The van der Waals surface area contributed by atoms with Gasteiger partial charge in [-0.1, -0.05) is 0 Å². The normalized spacial score (nSPS) is 17.8. The third kappa shape index (κ3) is 2.28. The molecule has 128 valence electrons. The predicted molar refractivity (Wildman–Crippen MR) is 97.8 cm³/mol. The van der Waals surface area contributed by atoms with Crippen molar-refractivity contribution in [2.75, 3.05) is 7.11 Å². The molecule has 0 N–H and O–H groups in total. The van der Waals surface area contributed by atoms with Crippen LogP contribution >= 0.6 is 31.9 Å². The summed E-state index contributed by atoms with van der Waals surface area (Å²) in [7, 11) is 1.47. The molecule has 2 aliphatic rings. The molecule has 2 aromatic rings. The Bertz CT molecular complexity index is 1010. The second-order valence-electron chi connectivity index (χ2n) is 5.63. The summed E-state index contributed by atoms with van der Waals surface area (Å²) >= 11 is 6.35. The molecule has 1 aromatic carbocycles. The van der Waals surface area contributed by atoms with Gasteiger partial charge >= 0.3 is 6.97 Å². The average Bonchev–Trinajstić information content (AvgIpc) is 3.14. The second kappa shape index (κ2) is 5.64. The topological polar surface area (TPSA) is 17.2 Å². The van der Waals surface area contributed by atoms with Crippen LogP contribution in [0, 0.1) is 5.82 Å². The maximum Gasteiger partial charge on any atom is 0.738 e. The van der Waals surface area contributed by atoms with Crippen molar-refractivity contribution in [3.63, 3.8) is 0 Å². The number of methoxy groups -OCH3 is 1. The molecule has 0 bridgehead atoms. The molecule has 3 nitrogen and oxygen atoms in total. The maximum absolute atomic E-state index is 15.1. The van der Waals surface area contributed by atoms with E-state index < -0.39 is 12.8 Å². The van der Waals surface area contributed by atoms with Crippen LogP contribution in [0.4, 0.5) is 13.0 Å². The van der Waals surface area contributed by atoms with Gasteiger partial charge < -0.3 is 22.3 Å². The summed E-state index contributed by atoms with van der Waals surface area (Å²) in [5.74, 6) is -0.0673. The van der Waals surface area contributed by atoms with Crippen LogP contribution in [0.25, 0.3) is 5.57 Å². The van der Waals surface area contributed by atoms with E-state index >= 15 is 8.63 Å². The monoisotopic (exact) mass is 472 g/mol. The lowest BCUT2D eigenvalue weighted by molar-refractivity contribution is -0.358. The summed E-state index contributed by atoms with van der Waals surface area (Å²) in [5, 5.41) is 0. The Morgan fingerprint density at radius 2 is 1.88 bits per heavy atom. The fourth-order valence-corrected chi connectivity index (χ4v) is 4.37. The zero-order chi connectivity index (χ0) is 17.9. The van der Waals surface area contributed by atoms with Gasteiger partial charge in [0.05, 0.1) is 17.3 Å². The highest BCUT2D eigenvalue weighted by Crippen LogP contribution is 2.43. The first-order valence-corrected chi connectivity index (χ1v) is 8.92. The van der Waals surface area contributed by atoms with E-state index in [2.05, 4.69) is 31.9 Å². The van der Waals surface area contributed by atoms with Gasteiger partial charge in [-0.3, -0.25) is 0 Å². The maximum atomic E-state index is 15.1. The van der Waals surface area contributed by atoms with E-state index in [9.17, 15) is 4.39 Å². The molecule has 4 rings (SSSR count). The summed E-state index contributed by atoms with van der Waals surface area (Å²) in [6, 6.07) is 7.35. The quantitative estimate of drug-likeness (QED) is 0.574. The first-order chi connectivity index (χ1) is 11.9. The van der Waals surface area contributed by atoms with Crippen LogP contribution in [0.5, 0.6) is 5.75 Å². The predicted octanol–water partition coefficient (Wildman–Crippen LogP) is 4.77. The van der Waals surface area contributed by atoms with Crippen LogP contribution in [-0.4, -0.2) is 27.7 Å². The van der Waals surface area contributed by atoms with E-state index in [0.717, 1.165) is 8.96 Å². The number of rotatable bonds is 2. The number of benzene rings is 1. The van der Waals surface area contributed by atoms with Crippen LogP contribution in [0.1, 0.15) is 11.3 Å². The number of aromatic nitrogens is 1. The lowest BCUT2D eigenvalue weighted by atomic mass is 9.86. The Labute approximate surface area is 158 Å². The average molecular weight is 474 g/mol. The molecule has 0 spiro atoms. The van der Waals surface area contributed by atoms with E-state index in [-0.39, 0.29) is 26.2 Å². The number of hydrogen-bond donors (Lipinski definition) is 0. The summed E-state index contributed by atoms with van der Waals surface area (Å²) in [6.07, 6.45) is 3.09. The van der Waals surface area contributed by atoms with Gasteiger partial charge in [-0.05, 0) is 46.3 Å². The van der Waals surface area contributed by atoms with E-state index in [1.165, 1.54) is 37.5 Å². The molecule has 3 heterocycles. The molecule has 0 radical (unpaired) electrons. The molecule has 0 unspecified atom stereocenters. The lowest BCUT2D eigenvalue weighted by Crippen LogP contribution is -2.50. The Morgan fingerprint density at radius 3 is 2.60 bits per heavy atom. The minimum Gasteiger partial charge on any atom is -0.497 e. The number of fused-ring (bicyclic) bond motifs is 2. The summed E-state index contributed by atoms with van der Waals surface area (Å²) in [6.45, 7) is -4.12. The second-order valence-corrected chi connectivity index (χ2v) is 7.26. The van der Waals surface area contributed by atoms with E-state index in [1.54, 1.807) is 12.1 Å². The molecule has 0 atom stereocenters. The highest BCUT2D eigenvalue weighted by atomic mass is 79.9. The first kappa shape index (κ1) is 16.7. The molecule has 0 aliphatic carbocycles. The zero-order valence-electron chi connectivity index (χ0n) is 12.8. The molecular formula is C16H10BBr2F3N2O. The van der Waals surface area contributed by atoms with E-state index in [4.69, 9.17) is 4.74 Å². The Balaban J connectivity index is 2.11. The van der Waals surface area contributed by atoms with Crippen molar-refractivity contribution in [2.45, 2.75) is 0 Å². The van der Waals surface area contributed by atoms with Crippen LogP contribution in [-0.2, 0) is 0 Å². The molecule has 1 aromatic heterocycles. The molecule has 0 fully saturated rings. The number of ether oxygens (including phenoxy) is 1. The van der Waals surface area contributed by atoms with Gasteiger partial charge in [0, 0.05) is 39.3 Å². The van der Waals surface area contributed by atoms with Gasteiger partial charge in [-0.15, -0.1) is 0 Å². The number of hydrogen-bond acceptors (Lipinski definition) is 1.